The maximum atomic E-state index is 4.14. The van der Waals surface area contributed by atoms with Gasteiger partial charge in [-0.3, -0.25) is 0 Å². The molecule has 0 saturated carbocycles. The molecule has 0 saturated heterocycles. The van der Waals surface area contributed by atoms with Crippen molar-refractivity contribution in [3.63, 3.8) is 0 Å². The fourth-order valence-electron chi connectivity index (χ4n) is 0.776. The molecule has 0 rings (SSSR count). The summed E-state index contributed by atoms with van der Waals surface area (Å²) in [5, 5.41) is 0. The lowest BCUT2D eigenvalue weighted by Crippen LogP contribution is -1.89. The minimum absolute atomic E-state index is 0.802. The predicted molar refractivity (Wildman–Crippen MR) is 51.7 cm³/mol. The van der Waals surface area contributed by atoms with Gasteiger partial charge in [0.05, 0.1) is 0 Å². The first kappa shape index (κ1) is 10.1. The summed E-state index contributed by atoms with van der Waals surface area (Å²) in [6.45, 7) is 8.46. The Hall–Kier alpha value is 0.0900. The van der Waals surface area contributed by atoms with Crippen molar-refractivity contribution < 1.29 is 0 Å². The van der Waals surface area contributed by atoms with Crippen LogP contribution >= 0.6 is 12.6 Å². The quantitative estimate of drug-likeness (QED) is 0.460. The molecule has 0 amide bonds. The van der Waals surface area contributed by atoms with Crippen LogP contribution in [0.3, 0.4) is 0 Å². The fourth-order valence-corrected chi connectivity index (χ4v) is 1.09. The van der Waals surface area contributed by atoms with Crippen LogP contribution in [-0.4, -0.2) is 5.75 Å². The van der Waals surface area contributed by atoms with Crippen LogP contribution in [0.15, 0.2) is 12.2 Å². The summed E-state index contributed by atoms with van der Waals surface area (Å²) < 4.78 is 0. The van der Waals surface area contributed by atoms with E-state index in [2.05, 4.69) is 33.1 Å². The summed E-state index contributed by atoms with van der Waals surface area (Å²) >= 11 is 4.14. The Morgan fingerprint density at radius 3 is 2.40 bits per heavy atom. The van der Waals surface area contributed by atoms with Crippen molar-refractivity contribution in [3.8, 4) is 0 Å². The molecule has 0 bridgehead atoms. The Morgan fingerprint density at radius 1 is 1.40 bits per heavy atom. The van der Waals surface area contributed by atoms with E-state index in [-0.39, 0.29) is 0 Å². The molecule has 0 N–H and O–H groups in total. The van der Waals surface area contributed by atoms with E-state index in [9.17, 15) is 0 Å². The second-order valence-corrected chi connectivity index (χ2v) is 3.60. The highest BCUT2D eigenvalue weighted by molar-refractivity contribution is 7.80. The first-order chi connectivity index (χ1) is 4.66. The van der Waals surface area contributed by atoms with Crippen LogP contribution in [0.1, 0.15) is 33.1 Å². The molecule has 0 aromatic carbocycles. The molecule has 0 spiro atoms. The maximum absolute atomic E-state index is 4.14. The third kappa shape index (κ3) is 6.21. The average molecular weight is 158 g/mol. The van der Waals surface area contributed by atoms with E-state index in [0.29, 0.717) is 0 Å². The number of hydrogen-bond acceptors (Lipinski definition) is 1. The Morgan fingerprint density at radius 2 is 2.00 bits per heavy atom. The maximum Gasteiger partial charge on any atom is -0.00607 e. The van der Waals surface area contributed by atoms with Crippen molar-refractivity contribution >= 4 is 12.6 Å². The highest BCUT2D eigenvalue weighted by Crippen LogP contribution is 2.12. The summed E-state index contributed by atoms with van der Waals surface area (Å²) in [5.74, 6) is 1.74. The van der Waals surface area contributed by atoms with Crippen LogP contribution in [0.2, 0.25) is 0 Å². The van der Waals surface area contributed by atoms with Crippen LogP contribution in [0, 0.1) is 5.92 Å². The second-order valence-electron chi connectivity index (χ2n) is 3.16. The zero-order chi connectivity index (χ0) is 7.98. The molecule has 0 fully saturated rings. The van der Waals surface area contributed by atoms with Gasteiger partial charge in [0, 0.05) is 0 Å². The van der Waals surface area contributed by atoms with Crippen LogP contribution in [-0.2, 0) is 0 Å². The smallest absolute Gasteiger partial charge is 0.00607 e. The first-order valence-electron chi connectivity index (χ1n) is 3.94. The summed E-state index contributed by atoms with van der Waals surface area (Å²) in [7, 11) is 0. The summed E-state index contributed by atoms with van der Waals surface area (Å²) in [6.07, 6.45) is 3.53. The van der Waals surface area contributed by atoms with E-state index in [0.717, 1.165) is 18.1 Å². The molecule has 0 unspecified atom stereocenters. The molecule has 0 aromatic heterocycles. The highest BCUT2D eigenvalue weighted by Gasteiger charge is 1.96. The lowest BCUT2D eigenvalue weighted by molar-refractivity contribution is 0.580. The van der Waals surface area contributed by atoms with Crippen LogP contribution in [0.25, 0.3) is 0 Å². The van der Waals surface area contributed by atoms with E-state index in [1.54, 1.807) is 0 Å². The minimum Gasteiger partial charge on any atom is -0.179 e. The van der Waals surface area contributed by atoms with Crippen molar-refractivity contribution in [3.05, 3.63) is 12.2 Å². The van der Waals surface area contributed by atoms with E-state index < -0.39 is 0 Å². The van der Waals surface area contributed by atoms with Gasteiger partial charge >= 0.3 is 0 Å². The topological polar surface area (TPSA) is 0 Å². The summed E-state index contributed by atoms with van der Waals surface area (Å²) in [6, 6.07) is 0. The van der Waals surface area contributed by atoms with Gasteiger partial charge in [-0.2, -0.15) is 12.6 Å². The van der Waals surface area contributed by atoms with Gasteiger partial charge in [0.2, 0.25) is 0 Å². The predicted octanol–water partition coefficient (Wildman–Crippen LogP) is 3.30. The molecule has 0 nitrogen and oxygen atoms in total. The minimum atomic E-state index is 0.802. The number of allylic oxidation sites excluding steroid dienone is 1. The monoisotopic (exact) mass is 158 g/mol. The fraction of sp³-hybridized carbons (Fsp3) is 0.778. The molecule has 1 heteroatoms. The zero-order valence-electron chi connectivity index (χ0n) is 7.06. The lowest BCUT2D eigenvalue weighted by atomic mass is 10.0. The molecule has 0 heterocycles. The molecular formula is C9H18S. The number of rotatable bonds is 5. The van der Waals surface area contributed by atoms with Crippen molar-refractivity contribution in [2.75, 3.05) is 5.75 Å². The molecule has 0 aliphatic rings. The van der Waals surface area contributed by atoms with Crippen LogP contribution < -0.4 is 0 Å². The van der Waals surface area contributed by atoms with Crippen LogP contribution in [0.5, 0.6) is 0 Å². The van der Waals surface area contributed by atoms with Gasteiger partial charge in [-0.05, 0) is 30.9 Å². The Kier molecular flexibility index (Phi) is 5.90. The highest BCUT2D eigenvalue weighted by atomic mass is 32.1. The number of hydrogen-bond donors (Lipinski definition) is 1. The lowest BCUT2D eigenvalue weighted by Gasteiger charge is -2.05. The van der Waals surface area contributed by atoms with Gasteiger partial charge in [0.1, 0.15) is 0 Å². The standard InChI is InChI=1S/C9H18S/c1-8(2)4-5-9(3)6-7-10/h8,10H,3-7H2,1-2H3. The SMILES string of the molecule is C=C(CCS)CCC(C)C. The normalized spacial score (nSPS) is 10.4. The molecule has 0 aliphatic carbocycles. The van der Waals surface area contributed by atoms with E-state index in [4.69, 9.17) is 0 Å². The van der Waals surface area contributed by atoms with Gasteiger partial charge < -0.3 is 0 Å². The molecule has 0 aliphatic heterocycles. The second kappa shape index (κ2) is 5.84. The molecule has 0 atom stereocenters. The first-order valence-corrected chi connectivity index (χ1v) is 4.57. The van der Waals surface area contributed by atoms with Crippen molar-refractivity contribution in [2.45, 2.75) is 33.1 Å². The van der Waals surface area contributed by atoms with Crippen molar-refractivity contribution in [1.29, 1.82) is 0 Å². The van der Waals surface area contributed by atoms with Crippen molar-refractivity contribution in [2.24, 2.45) is 5.92 Å². The summed E-state index contributed by atoms with van der Waals surface area (Å²) in [5.41, 5.74) is 1.35. The number of thiol groups is 1. The van der Waals surface area contributed by atoms with Gasteiger partial charge in [-0.25, -0.2) is 0 Å². The largest absolute Gasteiger partial charge is 0.179 e. The van der Waals surface area contributed by atoms with E-state index in [1.165, 1.54) is 18.4 Å². The Bertz CT molecular complexity index is 94.9. The Labute approximate surface area is 70.1 Å². The summed E-state index contributed by atoms with van der Waals surface area (Å²) in [4.78, 5) is 0. The van der Waals surface area contributed by atoms with Gasteiger partial charge in [0.15, 0.2) is 0 Å². The molecule has 10 heavy (non-hydrogen) atoms. The van der Waals surface area contributed by atoms with Crippen LogP contribution in [0.4, 0.5) is 0 Å². The zero-order valence-corrected chi connectivity index (χ0v) is 7.95. The van der Waals surface area contributed by atoms with Gasteiger partial charge in [-0.1, -0.05) is 26.0 Å². The average Bonchev–Trinajstić information content (AvgIpc) is 1.85. The van der Waals surface area contributed by atoms with Gasteiger partial charge in [-0.15, -0.1) is 0 Å². The van der Waals surface area contributed by atoms with E-state index in [1.807, 2.05) is 0 Å². The third-order valence-corrected chi connectivity index (χ3v) is 1.76. The van der Waals surface area contributed by atoms with E-state index >= 15 is 0 Å². The molecule has 60 valence electrons. The molecule has 0 radical (unpaired) electrons. The van der Waals surface area contributed by atoms with Gasteiger partial charge in [0.25, 0.3) is 0 Å². The Balaban J connectivity index is 3.22. The van der Waals surface area contributed by atoms with Crippen molar-refractivity contribution in [1.82, 2.24) is 0 Å². The third-order valence-electron chi connectivity index (χ3n) is 1.54. The molecule has 0 aromatic rings. The molecular weight excluding hydrogens is 140 g/mol.